The second-order valence-electron chi connectivity index (χ2n) is 10.1. The molecular formula is C26H28F6N4O4. The number of carbonyl (C=O) groups excluding carboxylic acids is 2. The minimum absolute atomic E-state index is 0.00274. The summed E-state index contributed by atoms with van der Waals surface area (Å²) in [6, 6.07) is 4.21. The second-order valence-corrected chi connectivity index (χ2v) is 10.1. The predicted octanol–water partition coefficient (Wildman–Crippen LogP) is 3.96. The molecule has 2 aromatic rings. The third-order valence-electron chi connectivity index (χ3n) is 7.52. The van der Waals surface area contributed by atoms with Crippen LogP contribution in [0, 0.1) is 17.6 Å². The molecule has 3 N–H and O–H groups in total. The highest BCUT2D eigenvalue weighted by Gasteiger charge is 2.66. The van der Waals surface area contributed by atoms with Gasteiger partial charge in [-0.2, -0.15) is 17.6 Å². The number of alkyl halides is 4. The number of pyridine rings is 1. The van der Waals surface area contributed by atoms with Crippen LogP contribution in [0.1, 0.15) is 42.2 Å². The van der Waals surface area contributed by atoms with Gasteiger partial charge < -0.3 is 20.5 Å². The van der Waals surface area contributed by atoms with E-state index in [4.69, 9.17) is 15.2 Å². The molecule has 2 aliphatic rings. The fourth-order valence-electron chi connectivity index (χ4n) is 5.10. The molecule has 0 radical (unpaired) electrons. The number of likely N-dealkylation sites (tertiary alicyclic amines) is 1. The Balaban J connectivity index is 1.68. The summed E-state index contributed by atoms with van der Waals surface area (Å²) in [5.74, 6) is -8.21. The number of nitrogens with two attached hydrogens (primary N) is 1. The van der Waals surface area contributed by atoms with Gasteiger partial charge in [0.1, 0.15) is 24.6 Å². The van der Waals surface area contributed by atoms with Gasteiger partial charge in [0.05, 0.1) is 0 Å². The van der Waals surface area contributed by atoms with E-state index >= 15 is 4.39 Å². The summed E-state index contributed by atoms with van der Waals surface area (Å²) in [6.45, 7) is 2.52. The maximum absolute atomic E-state index is 15.0. The lowest BCUT2D eigenvalue weighted by Gasteiger charge is -2.32. The van der Waals surface area contributed by atoms with Crippen LogP contribution in [-0.4, -0.2) is 72.0 Å². The summed E-state index contributed by atoms with van der Waals surface area (Å²) in [5.41, 5.74) is 1.96. The molecule has 0 bridgehead atoms. The van der Waals surface area contributed by atoms with Gasteiger partial charge in [0, 0.05) is 48.9 Å². The van der Waals surface area contributed by atoms with Crippen molar-refractivity contribution in [1.29, 1.82) is 0 Å². The van der Waals surface area contributed by atoms with E-state index in [1.165, 1.54) is 13.0 Å². The topological polar surface area (TPSA) is 107 Å². The number of hydrogen-bond donors (Lipinski definition) is 2. The van der Waals surface area contributed by atoms with E-state index in [-0.39, 0.29) is 36.6 Å². The molecule has 0 aliphatic carbocycles. The molecule has 2 aliphatic heterocycles. The zero-order valence-electron chi connectivity index (χ0n) is 21.6. The fraction of sp³-hybridized carbons (Fsp3) is 0.500. The Labute approximate surface area is 225 Å². The zero-order chi connectivity index (χ0) is 29.4. The van der Waals surface area contributed by atoms with Crippen molar-refractivity contribution in [2.24, 2.45) is 11.7 Å². The Morgan fingerprint density at radius 3 is 2.62 bits per heavy atom. The molecule has 5 atom stereocenters. The molecule has 1 aromatic carbocycles. The smallest absolute Gasteiger partial charge is 0.417 e. The summed E-state index contributed by atoms with van der Waals surface area (Å²) in [5, 5.41) is 2.39. The van der Waals surface area contributed by atoms with Gasteiger partial charge in [0.15, 0.2) is 17.2 Å². The normalized spacial score (nSPS) is 27.1. The average Bonchev–Trinajstić information content (AvgIpc) is 3.42. The lowest BCUT2D eigenvalue weighted by atomic mass is 9.77. The number of hydrogen-bond acceptors (Lipinski definition) is 6. The monoisotopic (exact) mass is 574 g/mol. The van der Waals surface area contributed by atoms with Crippen LogP contribution < -0.4 is 15.8 Å². The Morgan fingerprint density at radius 1 is 1.27 bits per heavy atom. The van der Waals surface area contributed by atoms with Crippen molar-refractivity contribution < 1.29 is 45.4 Å². The third kappa shape index (κ3) is 5.73. The van der Waals surface area contributed by atoms with E-state index in [0.29, 0.717) is 13.0 Å². The first-order valence-electron chi connectivity index (χ1n) is 12.5. The quantitative estimate of drug-likeness (QED) is 0.463. The molecule has 0 spiro atoms. The summed E-state index contributed by atoms with van der Waals surface area (Å²) < 4.78 is 96.4. The molecule has 218 valence electrons. The van der Waals surface area contributed by atoms with Gasteiger partial charge >= 0.3 is 6.18 Å². The van der Waals surface area contributed by atoms with E-state index in [9.17, 15) is 31.5 Å². The highest BCUT2D eigenvalue weighted by molar-refractivity contribution is 5.97. The van der Waals surface area contributed by atoms with E-state index < -0.39 is 65.1 Å². The Bertz CT molecular complexity index is 1280. The van der Waals surface area contributed by atoms with Crippen molar-refractivity contribution in [2.45, 2.75) is 50.2 Å². The van der Waals surface area contributed by atoms with Crippen molar-refractivity contribution >= 4 is 17.5 Å². The van der Waals surface area contributed by atoms with Crippen molar-refractivity contribution in [3.63, 3.8) is 0 Å². The van der Waals surface area contributed by atoms with Crippen LogP contribution in [0.2, 0.25) is 0 Å². The molecule has 0 unspecified atom stereocenters. The first-order valence-corrected chi connectivity index (χ1v) is 12.5. The number of benzene rings is 1. The van der Waals surface area contributed by atoms with Crippen molar-refractivity contribution in [1.82, 2.24) is 9.88 Å². The van der Waals surface area contributed by atoms with Crippen molar-refractivity contribution in [2.75, 3.05) is 31.6 Å². The van der Waals surface area contributed by atoms with Gasteiger partial charge in [-0.3, -0.25) is 19.5 Å². The fourth-order valence-corrected chi connectivity index (χ4v) is 5.10. The summed E-state index contributed by atoms with van der Waals surface area (Å²) in [4.78, 5) is 30.2. The number of nitrogens with one attached hydrogen (secondary N) is 1. The first kappa shape index (κ1) is 29.6. The van der Waals surface area contributed by atoms with Gasteiger partial charge in [-0.15, -0.1) is 0 Å². The van der Waals surface area contributed by atoms with Gasteiger partial charge in [0.2, 0.25) is 5.82 Å². The number of carbonyl (C=O) groups is 2. The summed E-state index contributed by atoms with van der Waals surface area (Å²) in [7, 11) is 0. The highest BCUT2D eigenvalue weighted by Crippen LogP contribution is 2.55. The molecule has 3 heterocycles. The standard InChI is InChI=1S/C26H28F6N4O4/c1-13-19(16-3-4-17(28)20(29)21(16)39-10-9-36-8-6-14(27)12-36)22(40-25(13,2)26(30,31)32)24(38)35-15-5-7-34-18(11-15)23(33)37/h3-5,7,11,13-14,19,22H,6,8-10,12H2,1-2H3,(H2,33,37)(H,34,35,38)/t13-,14-,19-,22+,25+/m0/s1. The number of aromatic nitrogens is 1. The molecule has 2 fully saturated rings. The molecule has 0 saturated carbocycles. The zero-order valence-corrected chi connectivity index (χ0v) is 21.6. The first-order chi connectivity index (χ1) is 18.7. The maximum Gasteiger partial charge on any atom is 0.417 e. The molecule has 14 heteroatoms. The number of rotatable bonds is 8. The maximum atomic E-state index is 15.0. The van der Waals surface area contributed by atoms with Gasteiger partial charge in [0.25, 0.3) is 11.8 Å². The molecule has 40 heavy (non-hydrogen) atoms. The average molecular weight is 575 g/mol. The Morgan fingerprint density at radius 2 is 2.00 bits per heavy atom. The molecular weight excluding hydrogens is 546 g/mol. The molecule has 2 saturated heterocycles. The van der Waals surface area contributed by atoms with Crippen LogP contribution in [0.15, 0.2) is 30.5 Å². The van der Waals surface area contributed by atoms with Crippen LogP contribution in [0.5, 0.6) is 5.75 Å². The van der Waals surface area contributed by atoms with Crippen LogP contribution in [0.4, 0.5) is 32.0 Å². The number of anilines is 1. The minimum Gasteiger partial charge on any atom is -0.489 e. The Kier molecular flexibility index (Phi) is 8.31. The highest BCUT2D eigenvalue weighted by atomic mass is 19.4. The number of amides is 2. The molecule has 1 aromatic heterocycles. The van der Waals surface area contributed by atoms with Gasteiger partial charge in [-0.05, 0) is 31.5 Å². The van der Waals surface area contributed by atoms with Crippen molar-refractivity contribution in [3.8, 4) is 5.75 Å². The van der Waals surface area contributed by atoms with Crippen molar-refractivity contribution in [3.05, 3.63) is 53.4 Å². The van der Waals surface area contributed by atoms with E-state index in [1.54, 1.807) is 4.90 Å². The Hall–Kier alpha value is -3.39. The van der Waals surface area contributed by atoms with Crippen LogP contribution in [-0.2, 0) is 9.53 Å². The number of halogens is 6. The van der Waals surface area contributed by atoms with Crippen LogP contribution in [0.3, 0.4) is 0 Å². The lowest BCUT2D eigenvalue weighted by molar-refractivity contribution is -0.272. The molecule has 8 nitrogen and oxygen atoms in total. The molecule has 4 rings (SSSR count). The number of primary amides is 1. The molecule has 2 amide bonds. The predicted molar refractivity (Wildman–Crippen MR) is 130 cm³/mol. The van der Waals surface area contributed by atoms with E-state index in [0.717, 1.165) is 31.3 Å². The summed E-state index contributed by atoms with van der Waals surface area (Å²) >= 11 is 0. The second kappa shape index (κ2) is 11.2. The number of nitrogens with zero attached hydrogens (tertiary/aromatic N) is 2. The van der Waals surface area contributed by atoms with Gasteiger partial charge in [-0.1, -0.05) is 13.0 Å². The third-order valence-corrected chi connectivity index (χ3v) is 7.52. The van der Waals surface area contributed by atoms with E-state index in [2.05, 4.69) is 10.3 Å². The SMILES string of the molecule is C[C@H]1[C@@H](c2ccc(F)c(F)c2OCCN2CC[C@H](F)C2)[C@H](C(=O)Nc2ccnc(C(N)=O)c2)O[C@@]1(C)C(F)(F)F. The minimum atomic E-state index is -4.94. The lowest BCUT2D eigenvalue weighted by Crippen LogP contribution is -2.47. The number of ether oxygens (including phenoxy) is 2. The van der Waals surface area contributed by atoms with Crippen LogP contribution in [0.25, 0.3) is 0 Å². The largest absolute Gasteiger partial charge is 0.489 e. The van der Waals surface area contributed by atoms with Crippen LogP contribution >= 0.6 is 0 Å². The van der Waals surface area contributed by atoms with E-state index in [1.807, 2.05) is 0 Å². The van der Waals surface area contributed by atoms with Gasteiger partial charge in [-0.25, -0.2) is 8.78 Å². The summed E-state index contributed by atoms with van der Waals surface area (Å²) in [6.07, 6.45) is -6.30.